The van der Waals surface area contributed by atoms with Crippen LogP contribution in [0.3, 0.4) is 0 Å². The average Bonchev–Trinajstić information content (AvgIpc) is 2.98. The van der Waals surface area contributed by atoms with Crippen LogP contribution >= 0.6 is 23.7 Å². The number of thiophene rings is 1. The van der Waals surface area contributed by atoms with E-state index in [0.717, 1.165) is 19.6 Å². The molecule has 3 aromatic rings. The third-order valence-corrected chi connectivity index (χ3v) is 5.50. The van der Waals surface area contributed by atoms with Gasteiger partial charge in [0, 0.05) is 42.0 Å². The molecule has 0 radical (unpaired) electrons. The molecule has 0 amide bonds. The summed E-state index contributed by atoms with van der Waals surface area (Å²) < 4.78 is 2.56. The molecule has 4 heteroatoms. The van der Waals surface area contributed by atoms with Crippen molar-refractivity contribution >= 4 is 34.0 Å². The molecule has 1 aliphatic heterocycles. The number of hydrogen-bond acceptors (Lipinski definition) is 2. The van der Waals surface area contributed by atoms with Gasteiger partial charge in [-0.2, -0.15) is 0 Å². The molecule has 0 fully saturated rings. The molecule has 0 atom stereocenters. The van der Waals surface area contributed by atoms with Gasteiger partial charge < -0.3 is 9.47 Å². The lowest BCUT2D eigenvalue weighted by Crippen LogP contribution is -2.27. The van der Waals surface area contributed by atoms with E-state index < -0.39 is 0 Å². The van der Waals surface area contributed by atoms with Crippen molar-refractivity contribution < 1.29 is 0 Å². The van der Waals surface area contributed by atoms with Crippen molar-refractivity contribution in [3.05, 3.63) is 58.1 Å². The van der Waals surface area contributed by atoms with Gasteiger partial charge >= 0.3 is 0 Å². The second-order valence-corrected chi connectivity index (χ2v) is 7.30. The Morgan fingerprint density at radius 3 is 2.73 bits per heavy atom. The van der Waals surface area contributed by atoms with Crippen molar-refractivity contribution in [2.75, 3.05) is 13.6 Å². The number of likely N-dealkylation sites (N-methyl/N-ethyl adjacent to an activating group) is 1. The molecule has 116 valence electrons. The Kier molecular flexibility index (Phi) is 4.31. The van der Waals surface area contributed by atoms with E-state index in [-0.39, 0.29) is 12.4 Å². The zero-order valence-electron chi connectivity index (χ0n) is 13.0. The Morgan fingerprint density at radius 1 is 1.18 bits per heavy atom. The van der Waals surface area contributed by atoms with Gasteiger partial charge in [-0.1, -0.05) is 30.3 Å². The van der Waals surface area contributed by atoms with E-state index in [9.17, 15) is 0 Å². The Labute approximate surface area is 141 Å². The Balaban J connectivity index is 0.00000144. The first kappa shape index (κ1) is 15.6. The van der Waals surface area contributed by atoms with Crippen molar-refractivity contribution in [3.8, 4) is 0 Å². The number of halogens is 1. The minimum absolute atomic E-state index is 0. The molecule has 0 unspecified atom stereocenters. The third-order valence-electron chi connectivity index (χ3n) is 4.42. The summed E-state index contributed by atoms with van der Waals surface area (Å²) in [6, 6.07) is 13.2. The van der Waals surface area contributed by atoms with E-state index in [2.05, 4.69) is 59.8 Å². The molecule has 1 aliphatic rings. The normalized spacial score (nSPS) is 14.8. The number of benzene rings is 1. The fourth-order valence-electron chi connectivity index (χ4n) is 3.40. The smallest absolute Gasteiger partial charge is 0.103 e. The first-order valence-corrected chi connectivity index (χ1v) is 8.37. The molecular formula is C18H21ClN2S. The van der Waals surface area contributed by atoms with E-state index in [1.807, 2.05) is 11.3 Å². The summed E-state index contributed by atoms with van der Waals surface area (Å²) in [5.41, 5.74) is 4.50. The van der Waals surface area contributed by atoms with Gasteiger partial charge in [0.15, 0.2) is 0 Å². The van der Waals surface area contributed by atoms with E-state index >= 15 is 0 Å². The van der Waals surface area contributed by atoms with Crippen LogP contribution in [0.5, 0.6) is 0 Å². The largest absolute Gasteiger partial charge is 0.332 e. The van der Waals surface area contributed by atoms with Gasteiger partial charge in [-0.05, 0) is 31.2 Å². The van der Waals surface area contributed by atoms with Gasteiger partial charge in [-0.15, -0.1) is 23.7 Å². The standard InChI is InChI=1S/C18H20N2S.ClH/c1-13-10-15-16-12-19(2)9-8-17(16)20(18(15)21-13)11-14-6-4-3-5-7-14;/h3-7,10H,8-9,11-12H2,1-2H3;1H. The highest BCUT2D eigenvalue weighted by atomic mass is 35.5. The molecule has 0 saturated heterocycles. The topological polar surface area (TPSA) is 8.17 Å². The SMILES string of the molecule is Cc1cc2c3c(n(Cc4ccccc4)c2s1)CCN(C)C3.Cl. The summed E-state index contributed by atoms with van der Waals surface area (Å²) in [7, 11) is 2.22. The van der Waals surface area contributed by atoms with Gasteiger partial charge in [-0.3, -0.25) is 0 Å². The number of aryl methyl sites for hydroxylation is 1. The van der Waals surface area contributed by atoms with Crippen LogP contribution in [0.2, 0.25) is 0 Å². The molecule has 3 heterocycles. The second-order valence-electron chi connectivity index (χ2n) is 6.06. The Hall–Kier alpha value is -1.29. The monoisotopic (exact) mass is 332 g/mol. The highest BCUT2D eigenvalue weighted by Gasteiger charge is 2.23. The van der Waals surface area contributed by atoms with Crippen LogP contribution in [0.25, 0.3) is 10.2 Å². The maximum Gasteiger partial charge on any atom is 0.103 e. The minimum atomic E-state index is 0. The third kappa shape index (κ3) is 2.58. The summed E-state index contributed by atoms with van der Waals surface area (Å²) >= 11 is 1.94. The van der Waals surface area contributed by atoms with Crippen molar-refractivity contribution in [2.45, 2.75) is 26.4 Å². The molecule has 1 aromatic carbocycles. The van der Waals surface area contributed by atoms with E-state index in [4.69, 9.17) is 0 Å². The van der Waals surface area contributed by atoms with E-state index in [0.29, 0.717) is 0 Å². The predicted octanol–water partition coefficient (Wildman–Crippen LogP) is 4.47. The van der Waals surface area contributed by atoms with Crippen molar-refractivity contribution in [1.82, 2.24) is 9.47 Å². The van der Waals surface area contributed by atoms with Gasteiger partial charge in [-0.25, -0.2) is 0 Å². The van der Waals surface area contributed by atoms with E-state index in [1.54, 1.807) is 11.3 Å². The second kappa shape index (κ2) is 6.07. The molecule has 22 heavy (non-hydrogen) atoms. The fraction of sp³-hybridized carbons (Fsp3) is 0.333. The lowest BCUT2D eigenvalue weighted by atomic mass is 10.1. The number of rotatable bonds is 2. The summed E-state index contributed by atoms with van der Waals surface area (Å²) in [4.78, 5) is 5.30. The number of aromatic nitrogens is 1. The van der Waals surface area contributed by atoms with Crippen LogP contribution in [0.4, 0.5) is 0 Å². The van der Waals surface area contributed by atoms with Gasteiger partial charge in [0.1, 0.15) is 4.83 Å². The molecule has 0 bridgehead atoms. The number of fused-ring (bicyclic) bond motifs is 3. The van der Waals surface area contributed by atoms with Gasteiger partial charge in [0.25, 0.3) is 0 Å². The molecule has 0 aliphatic carbocycles. The maximum atomic E-state index is 2.56. The van der Waals surface area contributed by atoms with Crippen LogP contribution in [0.1, 0.15) is 21.7 Å². The maximum absolute atomic E-state index is 2.56. The molecule has 4 rings (SSSR count). The molecule has 2 aromatic heterocycles. The summed E-state index contributed by atoms with van der Waals surface area (Å²) in [6.45, 7) is 5.47. The predicted molar refractivity (Wildman–Crippen MR) is 97.4 cm³/mol. The highest BCUT2D eigenvalue weighted by molar-refractivity contribution is 7.18. The van der Waals surface area contributed by atoms with Crippen molar-refractivity contribution in [1.29, 1.82) is 0 Å². The first-order chi connectivity index (χ1) is 10.2. The van der Waals surface area contributed by atoms with Crippen LogP contribution in [0, 0.1) is 6.92 Å². The Morgan fingerprint density at radius 2 is 1.95 bits per heavy atom. The molecule has 2 nitrogen and oxygen atoms in total. The molecule has 0 saturated carbocycles. The Bertz CT molecular complexity index is 788. The summed E-state index contributed by atoms with van der Waals surface area (Å²) in [6.07, 6.45) is 1.17. The van der Waals surface area contributed by atoms with Crippen LogP contribution in [0.15, 0.2) is 36.4 Å². The quantitative estimate of drug-likeness (QED) is 0.672. The van der Waals surface area contributed by atoms with Gasteiger partial charge in [0.2, 0.25) is 0 Å². The zero-order chi connectivity index (χ0) is 14.4. The van der Waals surface area contributed by atoms with Crippen LogP contribution < -0.4 is 0 Å². The molecule has 0 N–H and O–H groups in total. The lowest BCUT2D eigenvalue weighted by molar-refractivity contribution is 0.310. The number of hydrogen-bond donors (Lipinski definition) is 0. The van der Waals surface area contributed by atoms with Crippen molar-refractivity contribution in [3.63, 3.8) is 0 Å². The fourth-order valence-corrected chi connectivity index (χ4v) is 4.46. The van der Waals surface area contributed by atoms with Crippen LogP contribution in [-0.4, -0.2) is 23.1 Å². The van der Waals surface area contributed by atoms with E-state index in [1.165, 1.54) is 27.1 Å². The molecule has 0 spiro atoms. The van der Waals surface area contributed by atoms with Crippen LogP contribution in [-0.2, 0) is 19.5 Å². The highest BCUT2D eigenvalue weighted by Crippen LogP contribution is 2.36. The minimum Gasteiger partial charge on any atom is -0.332 e. The van der Waals surface area contributed by atoms with Gasteiger partial charge in [0.05, 0.1) is 0 Å². The number of nitrogens with zero attached hydrogens (tertiary/aromatic N) is 2. The summed E-state index contributed by atoms with van der Waals surface area (Å²) in [5.74, 6) is 0. The average molecular weight is 333 g/mol. The lowest BCUT2D eigenvalue weighted by Gasteiger charge is -2.24. The molecular weight excluding hydrogens is 312 g/mol. The summed E-state index contributed by atoms with van der Waals surface area (Å²) in [5, 5.41) is 1.48. The van der Waals surface area contributed by atoms with Crippen molar-refractivity contribution in [2.24, 2.45) is 0 Å². The first-order valence-electron chi connectivity index (χ1n) is 7.55. The zero-order valence-corrected chi connectivity index (χ0v) is 14.6.